The molecule has 2 rings (SSSR count). The standard InChI is InChI=1S/C15H24/c1-4-5-6-13-9-14-8-11(2)7-12(3)15(14)10-13/h9-13H,4-8H2,1-3H3. The van der Waals surface area contributed by atoms with Gasteiger partial charge in [-0.3, -0.25) is 0 Å². The van der Waals surface area contributed by atoms with Crippen LogP contribution < -0.4 is 0 Å². The summed E-state index contributed by atoms with van der Waals surface area (Å²) >= 11 is 0. The summed E-state index contributed by atoms with van der Waals surface area (Å²) in [5, 5.41) is 0. The summed E-state index contributed by atoms with van der Waals surface area (Å²) in [6, 6.07) is 0. The molecule has 1 saturated carbocycles. The van der Waals surface area contributed by atoms with Gasteiger partial charge in [-0.05, 0) is 48.2 Å². The average Bonchev–Trinajstić information content (AvgIpc) is 2.57. The normalized spacial score (nSPS) is 34.7. The van der Waals surface area contributed by atoms with Crippen LogP contribution in [0.5, 0.6) is 0 Å². The van der Waals surface area contributed by atoms with Crippen LogP contribution in [0, 0.1) is 17.8 Å². The molecule has 0 aromatic rings. The number of rotatable bonds is 3. The highest BCUT2D eigenvalue weighted by atomic mass is 14.3. The van der Waals surface area contributed by atoms with Crippen LogP contribution in [0.25, 0.3) is 0 Å². The van der Waals surface area contributed by atoms with Crippen molar-refractivity contribution >= 4 is 0 Å². The third-order valence-electron chi connectivity index (χ3n) is 3.93. The van der Waals surface area contributed by atoms with Gasteiger partial charge in [-0.1, -0.05) is 45.8 Å². The zero-order valence-electron chi connectivity index (χ0n) is 10.4. The van der Waals surface area contributed by atoms with E-state index in [0.717, 1.165) is 17.8 Å². The molecular weight excluding hydrogens is 180 g/mol. The topological polar surface area (TPSA) is 0 Å². The third kappa shape index (κ3) is 2.35. The fraction of sp³-hybridized carbons (Fsp3) is 0.733. The van der Waals surface area contributed by atoms with E-state index in [1.165, 1.54) is 32.1 Å². The molecule has 2 aliphatic rings. The Morgan fingerprint density at radius 1 is 1.27 bits per heavy atom. The first-order chi connectivity index (χ1) is 7.20. The minimum atomic E-state index is 0.766. The van der Waals surface area contributed by atoms with Crippen molar-refractivity contribution in [3.8, 4) is 0 Å². The van der Waals surface area contributed by atoms with Crippen molar-refractivity contribution in [2.75, 3.05) is 0 Å². The lowest BCUT2D eigenvalue weighted by molar-refractivity contribution is 0.418. The monoisotopic (exact) mass is 204 g/mol. The molecule has 0 saturated heterocycles. The number of unbranched alkanes of at least 4 members (excludes halogenated alkanes) is 1. The predicted molar refractivity (Wildman–Crippen MR) is 66.7 cm³/mol. The van der Waals surface area contributed by atoms with E-state index in [1.807, 2.05) is 0 Å². The van der Waals surface area contributed by atoms with Crippen molar-refractivity contribution < 1.29 is 0 Å². The Labute approximate surface area is 94.5 Å². The summed E-state index contributed by atoms with van der Waals surface area (Å²) in [4.78, 5) is 0. The fourth-order valence-electron chi connectivity index (χ4n) is 3.20. The highest BCUT2D eigenvalue weighted by Crippen LogP contribution is 2.42. The van der Waals surface area contributed by atoms with E-state index < -0.39 is 0 Å². The van der Waals surface area contributed by atoms with Crippen LogP contribution in [0.3, 0.4) is 0 Å². The SMILES string of the molecule is CCCCC1C=C2CC(C)CC(C)C2=C1. The fourth-order valence-corrected chi connectivity index (χ4v) is 3.20. The second kappa shape index (κ2) is 4.55. The third-order valence-corrected chi connectivity index (χ3v) is 3.93. The van der Waals surface area contributed by atoms with Gasteiger partial charge in [0.15, 0.2) is 0 Å². The lowest BCUT2D eigenvalue weighted by Gasteiger charge is -2.27. The maximum absolute atomic E-state index is 2.56. The molecule has 0 aromatic heterocycles. The van der Waals surface area contributed by atoms with E-state index in [-0.39, 0.29) is 0 Å². The molecule has 84 valence electrons. The molecule has 0 heterocycles. The van der Waals surface area contributed by atoms with Gasteiger partial charge in [0, 0.05) is 0 Å². The molecule has 3 atom stereocenters. The molecule has 0 spiro atoms. The van der Waals surface area contributed by atoms with Gasteiger partial charge in [-0.2, -0.15) is 0 Å². The van der Waals surface area contributed by atoms with Gasteiger partial charge in [-0.15, -0.1) is 0 Å². The largest absolute Gasteiger partial charge is 0.0741 e. The van der Waals surface area contributed by atoms with Gasteiger partial charge in [0.2, 0.25) is 0 Å². The highest BCUT2D eigenvalue weighted by molar-refractivity contribution is 5.42. The molecule has 0 bridgehead atoms. The van der Waals surface area contributed by atoms with Gasteiger partial charge < -0.3 is 0 Å². The molecule has 0 N–H and O–H groups in total. The summed E-state index contributed by atoms with van der Waals surface area (Å²) in [5.41, 5.74) is 3.37. The van der Waals surface area contributed by atoms with Crippen LogP contribution in [0.4, 0.5) is 0 Å². The molecule has 2 aliphatic carbocycles. The lowest BCUT2D eigenvalue weighted by Crippen LogP contribution is -2.14. The van der Waals surface area contributed by atoms with Crippen molar-refractivity contribution in [1.82, 2.24) is 0 Å². The zero-order chi connectivity index (χ0) is 10.8. The first-order valence-electron chi connectivity index (χ1n) is 6.63. The van der Waals surface area contributed by atoms with E-state index in [4.69, 9.17) is 0 Å². The van der Waals surface area contributed by atoms with Crippen LogP contribution in [0.15, 0.2) is 23.3 Å². The highest BCUT2D eigenvalue weighted by Gasteiger charge is 2.28. The first-order valence-corrected chi connectivity index (χ1v) is 6.63. The summed E-state index contributed by atoms with van der Waals surface area (Å²) in [5.74, 6) is 2.47. The van der Waals surface area contributed by atoms with Gasteiger partial charge in [0.1, 0.15) is 0 Å². The number of hydrogen-bond acceptors (Lipinski definition) is 0. The van der Waals surface area contributed by atoms with E-state index in [9.17, 15) is 0 Å². The number of allylic oxidation sites excluding steroid dienone is 4. The van der Waals surface area contributed by atoms with Gasteiger partial charge in [-0.25, -0.2) is 0 Å². The van der Waals surface area contributed by atoms with E-state index in [2.05, 4.69) is 32.9 Å². The van der Waals surface area contributed by atoms with Crippen molar-refractivity contribution in [3.05, 3.63) is 23.3 Å². The van der Waals surface area contributed by atoms with Crippen molar-refractivity contribution in [2.45, 2.75) is 52.9 Å². The number of hydrogen-bond donors (Lipinski definition) is 0. The second-order valence-electron chi connectivity index (χ2n) is 5.57. The Hall–Kier alpha value is -0.520. The average molecular weight is 204 g/mol. The van der Waals surface area contributed by atoms with Crippen molar-refractivity contribution in [2.24, 2.45) is 17.8 Å². The number of fused-ring (bicyclic) bond motifs is 1. The molecule has 0 nitrogen and oxygen atoms in total. The Morgan fingerprint density at radius 2 is 2.07 bits per heavy atom. The Bertz CT molecular complexity index is 282. The van der Waals surface area contributed by atoms with E-state index in [1.54, 1.807) is 11.1 Å². The van der Waals surface area contributed by atoms with Crippen LogP contribution in [0.2, 0.25) is 0 Å². The van der Waals surface area contributed by atoms with Crippen LogP contribution in [-0.4, -0.2) is 0 Å². The zero-order valence-corrected chi connectivity index (χ0v) is 10.4. The van der Waals surface area contributed by atoms with E-state index in [0.29, 0.717) is 0 Å². The maximum Gasteiger partial charge on any atom is -0.00416 e. The summed E-state index contributed by atoms with van der Waals surface area (Å²) in [6.07, 6.45) is 11.9. The van der Waals surface area contributed by atoms with Gasteiger partial charge in [0.25, 0.3) is 0 Å². The van der Waals surface area contributed by atoms with Gasteiger partial charge >= 0.3 is 0 Å². The molecule has 15 heavy (non-hydrogen) atoms. The summed E-state index contributed by atoms with van der Waals surface area (Å²) in [7, 11) is 0. The molecule has 0 amide bonds. The Morgan fingerprint density at radius 3 is 2.80 bits per heavy atom. The predicted octanol–water partition coefficient (Wildman–Crippen LogP) is 4.73. The minimum Gasteiger partial charge on any atom is -0.0741 e. The van der Waals surface area contributed by atoms with Crippen LogP contribution in [0.1, 0.15) is 52.9 Å². The van der Waals surface area contributed by atoms with Crippen molar-refractivity contribution in [1.29, 1.82) is 0 Å². The first kappa shape index (κ1) is 11.0. The molecule has 0 aromatic carbocycles. The molecule has 0 radical (unpaired) electrons. The van der Waals surface area contributed by atoms with Crippen LogP contribution in [-0.2, 0) is 0 Å². The molecular formula is C15H24. The molecule has 0 aliphatic heterocycles. The smallest absolute Gasteiger partial charge is 0.00416 e. The molecule has 1 fully saturated rings. The maximum atomic E-state index is 2.56. The quantitative estimate of drug-likeness (QED) is 0.623. The minimum absolute atomic E-state index is 0.766. The second-order valence-corrected chi connectivity index (χ2v) is 5.57. The summed E-state index contributed by atoms with van der Waals surface area (Å²) in [6.45, 7) is 7.08. The van der Waals surface area contributed by atoms with Crippen LogP contribution >= 0.6 is 0 Å². The van der Waals surface area contributed by atoms with Crippen molar-refractivity contribution in [3.63, 3.8) is 0 Å². The van der Waals surface area contributed by atoms with E-state index >= 15 is 0 Å². The summed E-state index contributed by atoms with van der Waals surface area (Å²) < 4.78 is 0. The lowest BCUT2D eigenvalue weighted by atomic mass is 9.78. The Kier molecular flexibility index (Phi) is 3.33. The Balaban J connectivity index is 2.05. The van der Waals surface area contributed by atoms with Gasteiger partial charge in [0.05, 0.1) is 0 Å². The molecule has 3 unspecified atom stereocenters. The molecule has 0 heteroatoms.